The number of fused-ring (bicyclic) bond motifs is 3. The Balaban J connectivity index is 1.62. The average molecular weight is 534 g/mol. The zero-order valence-electron chi connectivity index (χ0n) is 21.8. The summed E-state index contributed by atoms with van der Waals surface area (Å²) in [5.41, 5.74) is 3.63. The van der Waals surface area contributed by atoms with Gasteiger partial charge < -0.3 is 9.30 Å². The largest absolute Gasteiger partial charge is 0.463 e. The summed E-state index contributed by atoms with van der Waals surface area (Å²) in [5.74, 6) is -0.460. The number of ether oxygens (including phenoxy) is 1. The average Bonchev–Trinajstić information content (AvgIpc) is 3.44. The van der Waals surface area contributed by atoms with E-state index in [0.717, 1.165) is 32.8 Å². The number of carbonyl (C=O) groups is 1. The number of hydrogen-bond acceptors (Lipinski definition) is 5. The van der Waals surface area contributed by atoms with E-state index >= 15 is 0 Å². The van der Waals surface area contributed by atoms with Crippen molar-refractivity contribution in [3.05, 3.63) is 128 Å². The van der Waals surface area contributed by atoms with E-state index in [1.807, 2.05) is 79.9 Å². The summed E-state index contributed by atoms with van der Waals surface area (Å²) in [4.78, 5) is 32.7. The molecular formula is C32H27N3O3S. The molecule has 0 unspecified atom stereocenters. The van der Waals surface area contributed by atoms with E-state index in [-0.39, 0.29) is 12.2 Å². The summed E-state index contributed by atoms with van der Waals surface area (Å²) in [6.07, 6.45) is 5.82. The Morgan fingerprint density at radius 3 is 2.62 bits per heavy atom. The summed E-state index contributed by atoms with van der Waals surface area (Å²) in [6.45, 7) is 8.36. The number of benzene rings is 3. The zero-order valence-corrected chi connectivity index (χ0v) is 22.6. The van der Waals surface area contributed by atoms with Gasteiger partial charge in [-0.3, -0.25) is 9.36 Å². The molecule has 1 atom stereocenters. The van der Waals surface area contributed by atoms with Crippen LogP contribution in [0.15, 0.2) is 107 Å². The van der Waals surface area contributed by atoms with Gasteiger partial charge in [0.2, 0.25) is 0 Å². The van der Waals surface area contributed by atoms with E-state index in [1.54, 1.807) is 11.5 Å². The van der Waals surface area contributed by atoms with Gasteiger partial charge in [0, 0.05) is 29.2 Å². The number of para-hydroxylation sites is 1. The first-order valence-corrected chi connectivity index (χ1v) is 13.7. The van der Waals surface area contributed by atoms with Gasteiger partial charge in [-0.2, -0.15) is 0 Å². The topological polar surface area (TPSA) is 65.6 Å². The van der Waals surface area contributed by atoms with Crippen molar-refractivity contribution in [1.29, 1.82) is 0 Å². The fourth-order valence-corrected chi connectivity index (χ4v) is 6.43. The third-order valence-electron chi connectivity index (χ3n) is 7.07. The molecule has 3 heterocycles. The van der Waals surface area contributed by atoms with Gasteiger partial charge in [0.05, 0.1) is 28.5 Å². The quantitative estimate of drug-likeness (QED) is 0.226. The molecule has 39 heavy (non-hydrogen) atoms. The zero-order chi connectivity index (χ0) is 27.1. The molecule has 5 aromatic rings. The second-order valence-corrected chi connectivity index (χ2v) is 10.4. The minimum absolute atomic E-state index is 0.188. The summed E-state index contributed by atoms with van der Waals surface area (Å²) >= 11 is 1.34. The first-order chi connectivity index (χ1) is 19.0. The summed E-state index contributed by atoms with van der Waals surface area (Å²) in [7, 11) is 0. The number of nitrogens with zero attached hydrogens (tertiary/aromatic N) is 3. The molecular weight excluding hydrogens is 506 g/mol. The molecule has 0 saturated carbocycles. The summed E-state index contributed by atoms with van der Waals surface area (Å²) in [6, 6.07) is 21.4. The first-order valence-electron chi connectivity index (χ1n) is 12.9. The highest BCUT2D eigenvalue weighted by Gasteiger charge is 2.34. The van der Waals surface area contributed by atoms with Gasteiger partial charge in [0.25, 0.3) is 5.56 Å². The monoisotopic (exact) mass is 533 g/mol. The van der Waals surface area contributed by atoms with Crippen LogP contribution in [0.25, 0.3) is 27.8 Å². The Morgan fingerprint density at radius 2 is 1.82 bits per heavy atom. The van der Waals surface area contributed by atoms with Crippen LogP contribution in [-0.2, 0) is 16.1 Å². The van der Waals surface area contributed by atoms with Gasteiger partial charge in [-0.1, -0.05) is 78.1 Å². The molecule has 0 saturated heterocycles. The Bertz CT molecular complexity index is 1990. The highest BCUT2D eigenvalue weighted by molar-refractivity contribution is 7.07. The smallest absolute Gasteiger partial charge is 0.338 e. The van der Waals surface area contributed by atoms with Crippen LogP contribution >= 0.6 is 11.3 Å². The van der Waals surface area contributed by atoms with E-state index < -0.39 is 12.0 Å². The normalized spacial score (nSPS) is 15.4. The summed E-state index contributed by atoms with van der Waals surface area (Å²) < 4.78 is 9.78. The van der Waals surface area contributed by atoms with Gasteiger partial charge in [0.15, 0.2) is 4.80 Å². The standard InChI is InChI=1S/C32H27N3O3S/c1-4-17-34-19-22(24-14-8-9-16-26(24)34)18-27-30(36)35-29(25-15-10-12-21-11-6-7-13-23(21)25)28(31(37)38-5-2)20(3)33-32(35)39-27/h4,6-16,18-19,29H,1,5,17H2,2-3H3/b27-18+/t29-/m1/s1. The number of rotatable bonds is 6. The summed E-state index contributed by atoms with van der Waals surface area (Å²) in [5, 5.41) is 3.06. The third-order valence-corrected chi connectivity index (χ3v) is 8.05. The van der Waals surface area contributed by atoms with Crippen LogP contribution in [0.5, 0.6) is 0 Å². The second kappa shape index (κ2) is 10.0. The molecule has 0 bridgehead atoms. The second-order valence-electron chi connectivity index (χ2n) is 9.41. The Kier molecular flexibility index (Phi) is 6.37. The van der Waals surface area contributed by atoms with Gasteiger partial charge in [0.1, 0.15) is 0 Å². The van der Waals surface area contributed by atoms with Gasteiger partial charge >= 0.3 is 5.97 Å². The lowest BCUT2D eigenvalue weighted by molar-refractivity contribution is -0.139. The fraction of sp³-hybridized carbons (Fsp3) is 0.156. The minimum atomic E-state index is -0.657. The van der Waals surface area contributed by atoms with Crippen LogP contribution in [0.4, 0.5) is 0 Å². The third kappa shape index (κ3) is 4.15. The highest BCUT2D eigenvalue weighted by Crippen LogP contribution is 2.34. The van der Waals surface area contributed by atoms with E-state index in [4.69, 9.17) is 9.73 Å². The van der Waals surface area contributed by atoms with Gasteiger partial charge in [-0.15, -0.1) is 6.58 Å². The molecule has 6 nitrogen and oxygen atoms in total. The molecule has 0 fully saturated rings. The molecule has 2 aromatic heterocycles. The molecule has 3 aromatic carbocycles. The lowest BCUT2D eigenvalue weighted by atomic mass is 9.91. The minimum Gasteiger partial charge on any atom is -0.463 e. The predicted molar refractivity (Wildman–Crippen MR) is 156 cm³/mol. The molecule has 194 valence electrons. The van der Waals surface area contributed by atoms with E-state index in [9.17, 15) is 9.59 Å². The van der Waals surface area contributed by atoms with E-state index in [1.165, 1.54) is 11.3 Å². The molecule has 0 amide bonds. The lowest BCUT2D eigenvalue weighted by Crippen LogP contribution is -2.40. The molecule has 0 aliphatic carbocycles. The van der Waals surface area contributed by atoms with Crippen molar-refractivity contribution in [3.63, 3.8) is 0 Å². The van der Waals surface area contributed by atoms with Crippen molar-refractivity contribution in [2.45, 2.75) is 26.4 Å². The number of aromatic nitrogens is 2. The van der Waals surface area contributed by atoms with Crippen LogP contribution in [-0.4, -0.2) is 21.7 Å². The lowest BCUT2D eigenvalue weighted by Gasteiger charge is -2.25. The molecule has 6 rings (SSSR count). The molecule has 1 aliphatic rings. The number of hydrogen-bond donors (Lipinski definition) is 0. The Hall–Kier alpha value is -4.49. The van der Waals surface area contributed by atoms with E-state index in [0.29, 0.717) is 27.1 Å². The van der Waals surface area contributed by atoms with E-state index in [2.05, 4.69) is 23.3 Å². The Morgan fingerprint density at radius 1 is 1.08 bits per heavy atom. The van der Waals surface area contributed by atoms with Crippen LogP contribution in [0.2, 0.25) is 0 Å². The molecule has 7 heteroatoms. The maximum Gasteiger partial charge on any atom is 0.338 e. The number of thiazole rings is 1. The van der Waals surface area contributed by atoms with Crippen molar-refractivity contribution in [3.8, 4) is 0 Å². The maximum absolute atomic E-state index is 14.1. The Labute approximate surface area is 229 Å². The van der Waals surface area contributed by atoms with Crippen molar-refractivity contribution in [2.24, 2.45) is 4.99 Å². The number of esters is 1. The number of carbonyl (C=O) groups excluding carboxylic acids is 1. The van der Waals surface area contributed by atoms with Gasteiger partial charge in [-0.25, -0.2) is 9.79 Å². The maximum atomic E-state index is 14.1. The molecule has 0 radical (unpaired) electrons. The van der Waals surface area contributed by atoms with Crippen molar-refractivity contribution < 1.29 is 9.53 Å². The predicted octanol–water partition coefficient (Wildman–Crippen LogP) is 5.09. The fourth-order valence-electron chi connectivity index (χ4n) is 5.40. The van der Waals surface area contributed by atoms with Crippen LogP contribution < -0.4 is 14.9 Å². The van der Waals surface area contributed by atoms with Crippen LogP contribution in [0, 0.1) is 0 Å². The SMILES string of the molecule is C=CCn1cc(/C=c2/sc3n(c2=O)[C@H](c2cccc4ccccc24)C(C(=O)OCC)=C(C)N=3)c2ccccc21. The number of allylic oxidation sites excluding steroid dienone is 2. The van der Waals surface area contributed by atoms with Crippen LogP contribution in [0.1, 0.15) is 31.0 Å². The van der Waals surface area contributed by atoms with Crippen LogP contribution in [0.3, 0.4) is 0 Å². The van der Waals surface area contributed by atoms with Crippen molar-refractivity contribution >= 4 is 45.1 Å². The van der Waals surface area contributed by atoms with Crippen molar-refractivity contribution in [1.82, 2.24) is 9.13 Å². The highest BCUT2D eigenvalue weighted by atomic mass is 32.1. The van der Waals surface area contributed by atoms with Crippen molar-refractivity contribution in [2.75, 3.05) is 6.61 Å². The molecule has 1 aliphatic heterocycles. The first kappa shape index (κ1) is 24.8. The molecule has 0 spiro atoms. The molecule has 0 N–H and O–H groups in total. The van der Waals surface area contributed by atoms with Gasteiger partial charge in [-0.05, 0) is 42.3 Å².